The average Bonchev–Trinajstić information content (AvgIpc) is 3.06. The molecule has 1 amide bonds. The Balaban J connectivity index is 1.65. The molecule has 0 spiro atoms. The molecule has 0 N–H and O–H groups in total. The van der Waals surface area contributed by atoms with Gasteiger partial charge in [0.25, 0.3) is 0 Å². The molecule has 0 unspecified atom stereocenters. The maximum absolute atomic E-state index is 13.0. The van der Waals surface area contributed by atoms with Gasteiger partial charge in [0.05, 0.1) is 6.04 Å². The van der Waals surface area contributed by atoms with Crippen molar-refractivity contribution in [3.05, 3.63) is 70.8 Å². The van der Waals surface area contributed by atoms with Crippen molar-refractivity contribution in [1.82, 2.24) is 9.80 Å². The van der Waals surface area contributed by atoms with E-state index in [2.05, 4.69) is 61.2 Å². The number of nitrogens with zero attached hydrogens (tertiary/aromatic N) is 2. The van der Waals surface area contributed by atoms with Gasteiger partial charge >= 0.3 is 0 Å². The van der Waals surface area contributed by atoms with Crippen LogP contribution in [0.15, 0.2) is 48.5 Å². The monoisotopic (exact) mass is 336 g/mol. The number of amides is 1. The second-order valence-electron chi connectivity index (χ2n) is 7.23. The first kappa shape index (κ1) is 17.7. The molecular formula is C22H28N2O. The van der Waals surface area contributed by atoms with Gasteiger partial charge in [0, 0.05) is 20.1 Å². The van der Waals surface area contributed by atoms with Crippen LogP contribution in [0.5, 0.6) is 0 Å². The van der Waals surface area contributed by atoms with Gasteiger partial charge < -0.3 is 4.90 Å². The third-order valence-corrected chi connectivity index (χ3v) is 5.24. The minimum atomic E-state index is 0.0109. The molecule has 1 atom stereocenters. The molecule has 3 heteroatoms. The van der Waals surface area contributed by atoms with Gasteiger partial charge in [-0.25, -0.2) is 0 Å². The summed E-state index contributed by atoms with van der Waals surface area (Å²) in [5, 5.41) is 0. The van der Waals surface area contributed by atoms with Crippen LogP contribution in [0.3, 0.4) is 0 Å². The molecule has 3 nitrogen and oxygen atoms in total. The molecule has 0 radical (unpaired) electrons. The molecule has 0 bridgehead atoms. The summed E-state index contributed by atoms with van der Waals surface area (Å²) in [5.41, 5.74) is 5.05. The van der Waals surface area contributed by atoms with E-state index >= 15 is 0 Å². The van der Waals surface area contributed by atoms with E-state index in [-0.39, 0.29) is 11.9 Å². The van der Waals surface area contributed by atoms with Crippen molar-refractivity contribution >= 4 is 5.91 Å². The predicted molar refractivity (Wildman–Crippen MR) is 102 cm³/mol. The quantitative estimate of drug-likeness (QED) is 0.826. The highest BCUT2D eigenvalue weighted by Crippen LogP contribution is 2.22. The molecule has 25 heavy (non-hydrogen) atoms. The Morgan fingerprint density at radius 2 is 1.84 bits per heavy atom. The van der Waals surface area contributed by atoms with E-state index in [0.29, 0.717) is 6.54 Å². The number of hydrogen-bond donors (Lipinski definition) is 0. The Morgan fingerprint density at radius 1 is 1.08 bits per heavy atom. The van der Waals surface area contributed by atoms with Crippen LogP contribution in [0.4, 0.5) is 0 Å². The van der Waals surface area contributed by atoms with Gasteiger partial charge in [-0.15, -0.1) is 0 Å². The van der Waals surface area contributed by atoms with Gasteiger partial charge in [0.1, 0.15) is 0 Å². The molecule has 1 fully saturated rings. The van der Waals surface area contributed by atoms with E-state index < -0.39 is 0 Å². The van der Waals surface area contributed by atoms with E-state index in [1.165, 1.54) is 22.3 Å². The highest BCUT2D eigenvalue weighted by atomic mass is 16.2. The predicted octanol–water partition coefficient (Wildman–Crippen LogP) is 3.93. The highest BCUT2D eigenvalue weighted by Gasteiger charge is 2.32. The fourth-order valence-corrected chi connectivity index (χ4v) is 3.62. The fraction of sp³-hybridized carbons (Fsp3) is 0.409. The van der Waals surface area contributed by atoms with Crippen molar-refractivity contribution in [1.29, 1.82) is 0 Å². The zero-order chi connectivity index (χ0) is 17.8. The molecule has 1 heterocycles. The Kier molecular flexibility index (Phi) is 5.54. The Hall–Kier alpha value is -2.13. The van der Waals surface area contributed by atoms with Crippen LogP contribution in [-0.4, -0.2) is 35.3 Å². The van der Waals surface area contributed by atoms with Crippen LogP contribution in [0.2, 0.25) is 0 Å². The lowest BCUT2D eigenvalue weighted by atomic mass is 10.1. The van der Waals surface area contributed by atoms with E-state index in [1.807, 2.05) is 18.0 Å². The minimum Gasteiger partial charge on any atom is -0.340 e. The summed E-state index contributed by atoms with van der Waals surface area (Å²) in [7, 11) is 1.93. The van der Waals surface area contributed by atoms with Crippen LogP contribution in [0.1, 0.15) is 35.1 Å². The van der Waals surface area contributed by atoms with E-state index in [0.717, 1.165) is 25.9 Å². The second kappa shape index (κ2) is 7.83. The first-order valence-electron chi connectivity index (χ1n) is 9.13. The van der Waals surface area contributed by atoms with Crippen molar-refractivity contribution < 1.29 is 4.79 Å². The van der Waals surface area contributed by atoms with Crippen LogP contribution in [0, 0.1) is 13.8 Å². The van der Waals surface area contributed by atoms with Crippen LogP contribution in [-0.2, 0) is 17.9 Å². The van der Waals surface area contributed by atoms with E-state index in [4.69, 9.17) is 0 Å². The number of carbonyl (C=O) groups is 1. The number of hydrogen-bond acceptors (Lipinski definition) is 2. The third kappa shape index (κ3) is 4.29. The smallest absolute Gasteiger partial charge is 0.239 e. The second-order valence-corrected chi connectivity index (χ2v) is 7.23. The minimum absolute atomic E-state index is 0.0109. The Labute approximate surface area is 151 Å². The molecule has 0 aromatic heterocycles. The van der Waals surface area contributed by atoms with Gasteiger partial charge in [-0.1, -0.05) is 48.5 Å². The first-order valence-corrected chi connectivity index (χ1v) is 9.13. The normalized spacial score (nSPS) is 17.6. The highest BCUT2D eigenvalue weighted by molar-refractivity contribution is 5.82. The van der Waals surface area contributed by atoms with Gasteiger partial charge in [-0.05, 0) is 55.5 Å². The van der Waals surface area contributed by atoms with Crippen molar-refractivity contribution in [2.75, 3.05) is 13.6 Å². The SMILES string of the molecule is Cc1ccc(CN(C)C(=O)[C@@H]2CCCN2Cc2ccccc2)cc1C. The summed E-state index contributed by atoms with van der Waals surface area (Å²) in [6.45, 7) is 6.78. The summed E-state index contributed by atoms with van der Waals surface area (Å²) in [5.74, 6) is 0.242. The average molecular weight is 336 g/mol. The lowest BCUT2D eigenvalue weighted by molar-refractivity contribution is -0.135. The summed E-state index contributed by atoms with van der Waals surface area (Å²) < 4.78 is 0. The molecule has 1 saturated heterocycles. The summed E-state index contributed by atoms with van der Waals surface area (Å²) in [6, 6.07) is 16.9. The lowest BCUT2D eigenvalue weighted by Gasteiger charge is -2.28. The third-order valence-electron chi connectivity index (χ3n) is 5.24. The summed E-state index contributed by atoms with van der Waals surface area (Å²) >= 11 is 0. The standard InChI is InChI=1S/C22H28N2O/c1-17-11-12-20(14-18(17)2)15-23(3)22(25)21-10-7-13-24(21)16-19-8-5-4-6-9-19/h4-6,8-9,11-12,14,21H,7,10,13,15-16H2,1-3H3/t21-/m0/s1. The number of benzene rings is 2. The first-order chi connectivity index (χ1) is 12.0. The molecule has 0 aliphatic carbocycles. The number of rotatable bonds is 5. The van der Waals surface area contributed by atoms with Gasteiger partial charge in [-0.2, -0.15) is 0 Å². The molecular weight excluding hydrogens is 308 g/mol. The fourth-order valence-electron chi connectivity index (χ4n) is 3.62. The van der Waals surface area contributed by atoms with Crippen LogP contribution >= 0.6 is 0 Å². The molecule has 1 aliphatic heterocycles. The zero-order valence-electron chi connectivity index (χ0n) is 15.5. The molecule has 2 aromatic rings. The van der Waals surface area contributed by atoms with E-state index in [9.17, 15) is 4.79 Å². The van der Waals surface area contributed by atoms with Crippen molar-refractivity contribution in [2.45, 2.75) is 45.8 Å². The number of likely N-dealkylation sites (tertiary alicyclic amines) is 1. The zero-order valence-corrected chi connectivity index (χ0v) is 15.5. The number of aryl methyl sites for hydroxylation is 2. The molecule has 0 saturated carbocycles. The maximum atomic E-state index is 13.0. The lowest BCUT2D eigenvalue weighted by Crippen LogP contribution is -2.43. The van der Waals surface area contributed by atoms with Gasteiger partial charge in [-0.3, -0.25) is 9.69 Å². The van der Waals surface area contributed by atoms with Crippen molar-refractivity contribution in [3.63, 3.8) is 0 Å². The van der Waals surface area contributed by atoms with Gasteiger partial charge in [0.2, 0.25) is 5.91 Å². The molecule has 3 rings (SSSR count). The largest absolute Gasteiger partial charge is 0.340 e. The Bertz CT molecular complexity index is 726. The van der Waals surface area contributed by atoms with Crippen LogP contribution < -0.4 is 0 Å². The summed E-state index contributed by atoms with van der Waals surface area (Å²) in [6.07, 6.45) is 2.06. The van der Waals surface area contributed by atoms with Gasteiger partial charge in [0.15, 0.2) is 0 Å². The topological polar surface area (TPSA) is 23.6 Å². The van der Waals surface area contributed by atoms with Crippen LogP contribution in [0.25, 0.3) is 0 Å². The van der Waals surface area contributed by atoms with Crippen molar-refractivity contribution in [2.24, 2.45) is 0 Å². The van der Waals surface area contributed by atoms with Crippen molar-refractivity contribution in [3.8, 4) is 0 Å². The number of likely N-dealkylation sites (N-methyl/N-ethyl adjacent to an activating group) is 1. The molecule has 132 valence electrons. The number of carbonyl (C=O) groups excluding carboxylic acids is 1. The van der Waals surface area contributed by atoms with E-state index in [1.54, 1.807) is 0 Å². The molecule has 1 aliphatic rings. The molecule has 2 aromatic carbocycles. The Morgan fingerprint density at radius 3 is 2.56 bits per heavy atom. The summed E-state index contributed by atoms with van der Waals surface area (Å²) in [4.78, 5) is 17.2. The maximum Gasteiger partial charge on any atom is 0.239 e.